The molecule has 102 valence electrons. The highest BCUT2D eigenvalue weighted by Crippen LogP contribution is 2.27. The first-order valence-electron chi connectivity index (χ1n) is 6.44. The Morgan fingerprint density at radius 2 is 1.67 bits per heavy atom. The van der Waals surface area contributed by atoms with Crippen molar-refractivity contribution < 1.29 is 9.47 Å². The van der Waals surface area contributed by atoms with Crippen molar-refractivity contribution in [3.05, 3.63) is 23.8 Å². The van der Waals surface area contributed by atoms with E-state index in [0.29, 0.717) is 0 Å². The molecule has 0 unspecified atom stereocenters. The molecule has 0 aliphatic heterocycles. The van der Waals surface area contributed by atoms with Gasteiger partial charge in [-0.3, -0.25) is 0 Å². The van der Waals surface area contributed by atoms with E-state index in [4.69, 9.17) is 9.47 Å². The molecular weight excluding hydrogens is 228 g/mol. The molecule has 0 aliphatic rings. The second-order valence-electron chi connectivity index (χ2n) is 4.12. The average Bonchev–Trinajstić information content (AvgIpc) is 2.42. The number of hydrogen-bond acceptors (Lipinski definition) is 4. The van der Waals surface area contributed by atoms with Crippen molar-refractivity contribution >= 4 is 0 Å². The third-order valence-corrected chi connectivity index (χ3v) is 2.68. The average molecular weight is 252 g/mol. The minimum absolute atomic E-state index is 0.769. The van der Waals surface area contributed by atoms with E-state index in [1.54, 1.807) is 14.2 Å². The molecule has 1 rings (SSSR count). The predicted molar refractivity (Wildman–Crippen MR) is 74.4 cm³/mol. The Bertz CT molecular complexity index is 343. The summed E-state index contributed by atoms with van der Waals surface area (Å²) in [6, 6.07) is 5.99. The Morgan fingerprint density at radius 1 is 0.944 bits per heavy atom. The fourth-order valence-electron chi connectivity index (χ4n) is 1.70. The summed E-state index contributed by atoms with van der Waals surface area (Å²) < 4.78 is 10.5. The Labute approximate surface area is 110 Å². The SMILES string of the molecule is CCCNCCNCc1ccc(OC)c(OC)c1. The zero-order valence-corrected chi connectivity index (χ0v) is 11.6. The number of nitrogens with one attached hydrogen (secondary N) is 2. The lowest BCUT2D eigenvalue weighted by Crippen LogP contribution is -2.27. The van der Waals surface area contributed by atoms with Crippen molar-refractivity contribution in [3.8, 4) is 11.5 Å². The zero-order valence-electron chi connectivity index (χ0n) is 11.6. The third kappa shape index (κ3) is 4.94. The Kier molecular flexibility index (Phi) is 7.22. The molecule has 0 amide bonds. The van der Waals surface area contributed by atoms with Crippen molar-refractivity contribution in [2.24, 2.45) is 0 Å². The summed E-state index contributed by atoms with van der Waals surface area (Å²) in [6.07, 6.45) is 1.18. The molecule has 0 atom stereocenters. The van der Waals surface area contributed by atoms with Gasteiger partial charge in [-0.25, -0.2) is 0 Å². The van der Waals surface area contributed by atoms with E-state index in [2.05, 4.69) is 17.6 Å². The fraction of sp³-hybridized carbons (Fsp3) is 0.571. The minimum Gasteiger partial charge on any atom is -0.493 e. The Morgan fingerprint density at radius 3 is 2.33 bits per heavy atom. The largest absolute Gasteiger partial charge is 0.493 e. The Hall–Kier alpha value is -1.26. The maximum Gasteiger partial charge on any atom is 0.161 e. The standard InChI is InChI=1S/C14H24N2O2/c1-4-7-15-8-9-16-11-12-5-6-13(17-2)14(10-12)18-3/h5-6,10,15-16H,4,7-9,11H2,1-3H3. The molecule has 1 aromatic rings. The molecule has 0 aliphatic carbocycles. The number of rotatable bonds is 9. The van der Waals surface area contributed by atoms with Crippen molar-refractivity contribution in [1.29, 1.82) is 0 Å². The summed E-state index contributed by atoms with van der Waals surface area (Å²) in [5, 5.41) is 6.75. The van der Waals surface area contributed by atoms with Crippen LogP contribution in [0.4, 0.5) is 0 Å². The Balaban J connectivity index is 2.34. The van der Waals surface area contributed by atoms with Crippen molar-refractivity contribution in [2.45, 2.75) is 19.9 Å². The van der Waals surface area contributed by atoms with Gasteiger partial charge in [0.25, 0.3) is 0 Å². The molecule has 0 aromatic heterocycles. The van der Waals surface area contributed by atoms with Crippen molar-refractivity contribution in [1.82, 2.24) is 10.6 Å². The summed E-state index contributed by atoms with van der Waals surface area (Å²) in [7, 11) is 3.30. The van der Waals surface area contributed by atoms with E-state index >= 15 is 0 Å². The summed E-state index contributed by atoms with van der Waals surface area (Å²) in [4.78, 5) is 0. The lowest BCUT2D eigenvalue weighted by molar-refractivity contribution is 0.354. The van der Waals surface area contributed by atoms with Crippen LogP contribution in [0.1, 0.15) is 18.9 Å². The first-order chi connectivity index (χ1) is 8.81. The van der Waals surface area contributed by atoms with Crippen LogP contribution < -0.4 is 20.1 Å². The summed E-state index contributed by atoms with van der Waals surface area (Å²) in [6.45, 7) is 6.06. The van der Waals surface area contributed by atoms with Gasteiger partial charge in [0.2, 0.25) is 0 Å². The van der Waals surface area contributed by atoms with E-state index < -0.39 is 0 Å². The highest BCUT2D eigenvalue weighted by molar-refractivity contribution is 5.42. The van der Waals surface area contributed by atoms with Crippen LogP contribution in [0.15, 0.2) is 18.2 Å². The number of benzene rings is 1. The van der Waals surface area contributed by atoms with E-state index in [-0.39, 0.29) is 0 Å². The van der Waals surface area contributed by atoms with Crippen molar-refractivity contribution in [3.63, 3.8) is 0 Å². The first kappa shape index (κ1) is 14.8. The van der Waals surface area contributed by atoms with E-state index in [9.17, 15) is 0 Å². The molecule has 0 bridgehead atoms. The van der Waals surface area contributed by atoms with Gasteiger partial charge in [0.15, 0.2) is 11.5 Å². The predicted octanol–water partition coefficient (Wildman–Crippen LogP) is 1.79. The van der Waals surface area contributed by atoms with Gasteiger partial charge < -0.3 is 20.1 Å². The molecule has 4 nitrogen and oxygen atoms in total. The molecule has 0 saturated carbocycles. The summed E-state index contributed by atoms with van der Waals surface area (Å²) >= 11 is 0. The van der Waals surface area contributed by atoms with Gasteiger partial charge >= 0.3 is 0 Å². The van der Waals surface area contributed by atoms with Gasteiger partial charge in [0.05, 0.1) is 14.2 Å². The number of ether oxygens (including phenoxy) is 2. The maximum absolute atomic E-state index is 5.27. The van der Waals surface area contributed by atoms with Crippen LogP contribution in [0.3, 0.4) is 0 Å². The molecule has 0 heterocycles. The van der Waals surface area contributed by atoms with Crippen LogP contribution in [-0.2, 0) is 6.54 Å². The summed E-state index contributed by atoms with van der Waals surface area (Å²) in [5.74, 6) is 1.55. The van der Waals surface area contributed by atoms with Gasteiger partial charge in [-0.2, -0.15) is 0 Å². The fourth-order valence-corrected chi connectivity index (χ4v) is 1.70. The van der Waals surface area contributed by atoms with Crippen LogP contribution >= 0.6 is 0 Å². The molecule has 0 spiro atoms. The lowest BCUT2D eigenvalue weighted by Gasteiger charge is -2.10. The van der Waals surface area contributed by atoms with E-state index in [1.165, 1.54) is 12.0 Å². The number of methoxy groups -OCH3 is 2. The van der Waals surface area contributed by atoms with Crippen LogP contribution in [0.2, 0.25) is 0 Å². The molecule has 0 radical (unpaired) electrons. The van der Waals surface area contributed by atoms with Gasteiger partial charge in [-0.05, 0) is 30.7 Å². The smallest absolute Gasteiger partial charge is 0.161 e. The van der Waals surface area contributed by atoms with Crippen LogP contribution in [0.25, 0.3) is 0 Å². The van der Waals surface area contributed by atoms with Crippen LogP contribution in [0.5, 0.6) is 11.5 Å². The van der Waals surface area contributed by atoms with E-state index in [1.807, 2.05) is 18.2 Å². The van der Waals surface area contributed by atoms with Crippen LogP contribution in [-0.4, -0.2) is 33.9 Å². The van der Waals surface area contributed by atoms with Gasteiger partial charge in [0, 0.05) is 19.6 Å². The second kappa shape index (κ2) is 8.78. The minimum atomic E-state index is 0.769. The molecule has 18 heavy (non-hydrogen) atoms. The molecule has 0 fully saturated rings. The highest BCUT2D eigenvalue weighted by Gasteiger charge is 2.03. The molecule has 2 N–H and O–H groups in total. The van der Waals surface area contributed by atoms with Gasteiger partial charge in [-0.15, -0.1) is 0 Å². The zero-order chi connectivity index (χ0) is 13.2. The number of hydrogen-bond donors (Lipinski definition) is 2. The maximum atomic E-state index is 5.27. The topological polar surface area (TPSA) is 42.5 Å². The van der Waals surface area contributed by atoms with Gasteiger partial charge in [0.1, 0.15) is 0 Å². The second-order valence-corrected chi connectivity index (χ2v) is 4.12. The quantitative estimate of drug-likeness (QED) is 0.658. The molecule has 4 heteroatoms. The lowest BCUT2D eigenvalue weighted by atomic mass is 10.2. The van der Waals surface area contributed by atoms with Gasteiger partial charge in [-0.1, -0.05) is 13.0 Å². The highest BCUT2D eigenvalue weighted by atomic mass is 16.5. The summed E-state index contributed by atoms with van der Waals surface area (Å²) in [5.41, 5.74) is 1.20. The first-order valence-corrected chi connectivity index (χ1v) is 6.44. The normalized spacial score (nSPS) is 10.4. The van der Waals surface area contributed by atoms with E-state index in [0.717, 1.165) is 37.7 Å². The van der Waals surface area contributed by atoms with Crippen LogP contribution in [0, 0.1) is 0 Å². The molecular formula is C14H24N2O2. The monoisotopic (exact) mass is 252 g/mol. The third-order valence-electron chi connectivity index (χ3n) is 2.68. The molecule has 0 saturated heterocycles. The molecule has 1 aromatic carbocycles. The van der Waals surface area contributed by atoms with Crippen molar-refractivity contribution in [2.75, 3.05) is 33.9 Å².